The number of hydrogen-bond donors (Lipinski definition) is 0. The van der Waals surface area contributed by atoms with Gasteiger partial charge in [-0.15, -0.1) is 0 Å². The number of hydrogen-bond acceptors (Lipinski definition) is 4. The van der Waals surface area contributed by atoms with Crippen molar-refractivity contribution in [1.82, 2.24) is 0 Å². The minimum atomic E-state index is -1.98. The molecule has 154 valence electrons. The molecule has 0 unspecified atom stereocenters. The van der Waals surface area contributed by atoms with E-state index in [1.54, 1.807) is 7.11 Å². The fraction of sp³-hybridized carbons (Fsp3) is 0.682. The van der Waals surface area contributed by atoms with Crippen molar-refractivity contribution >= 4 is 14.0 Å². The zero-order valence-electron chi connectivity index (χ0n) is 18.7. The average Bonchev–Trinajstić information content (AvgIpc) is 2.60. The van der Waals surface area contributed by atoms with Gasteiger partial charge < -0.3 is 14.0 Å². The zero-order chi connectivity index (χ0) is 20.6. The maximum Gasteiger partial charge on any atom is 0.200 e. The smallest absolute Gasteiger partial charge is 0.200 e. The Kier molecular flexibility index (Phi) is 9.71. The summed E-state index contributed by atoms with van der Waals surface area (Å²) in [7, 11) is -0.263. The highest BCUT2D eigenvalue weighted by Crippen LogP contribution is 2.43. The summed E-state index contributed by atoms with van der Waals surface area (Å²) in [5.41, 5.74) is 3.50. The summed E-state index contributed by atoms with van der Waals surface area (Å²) < 4.78 is 12.6. The van der Waals surface area contributed by atoms with Crippen molar-refractivity contribution in [1.29, 1.82) is 0 Å². The highest BCUT2D eigenvalue weighted by atomic mass is 28.4. The van der Waals surface area contributed by atoms with Gasteiger partial charge in [0.1, 0.15) is 12.7 Å². The summed E-state index contributed by atoms with van der Waals surface area (Å²) in [4.78, 5) is 5.55. The third-order valence-corrected chi connectivity index (χ3v) is 11.7. The second-order valence-corrected chi connectivity index (χ2v) is 13.7. The molecule has 1 rings (SSSR count). The van der Waals surface area contributed by atoms with Crippen molar-refractivity contribution in [2.45, 2.75) is 90.8 Å². The monoisotopic (exact) mass is 393 g/mol. The maximum absolute atomic E-state index is 6.84. The van der Waals surface area contributed by atoms with Crippen molar-refractivity contribution in [2.24, 2.45) is 5.16 Å². The molecule has 0 aliphatic carbocycles. The van der Waals surface area contributed by atoms with Gasteiger partial charge in [-0.25, -0.2) is 0 Å². The Hall–Kier alpha value is -1.17. The van der Waals surface area contributed by atoms with Crippen molar-refractivity contribution in [3.8, 4) is 0 Å². The molecule has 0 heterocycles. The lowest BCUT2D eigenvalue weighted by Crippen LogP contribution is -2.52. The zero-order valence-corrected chi connectivity index (χ0v) is 19.7. The predicted octanol–water partition coefficient (Wildman–Crippen LogP) is 6.17. The molecule has 0 amide bonds. The standard InChI is InChI=1S/C22H39NO3Si/c1-16(2)27(17(3)4,18(5)6)26-20(8)22(24-9)19(7)23-25-15-21-13-11-10-12-14-21/h10-14,16-18,20,22H,15H2,1-9H3/b23-19+/t20-,22+/m0/s1. The van der Waals surface area contributed by atoms with Crippen molar-refractivity contribution in [3.63, 3.8) is 0 Å². The molecule has 4 nitrogen and oxygen atoms in total. The van der Waals surface area contributed by atoms with Crippen LogP contribution in [0.4, 0.5) is 0 Å². The van der Waals surface area contributed by atoms with E-state index in [1.807, 2.05) is 37.3 Å². The van der Waals surface area contributed by atoms with Crippen LogP contribution in [0, 0.1) is 0 Å². The molecule has 0 N–H and O–H groups in total. The molecular weight excluding hydrogens is 354 g/mol. The Balaban J connectivity index is 2.87. The fourth-order valence-corrected chi connectivity index (χ4v) is 9.91. The summed E-state index contributed by atoms with van der Waals surface area (Å²) in [5, 5.41) is 4.30. The summed E-state index contributed by atoms with van der Waals surface area (Å²) in [6.07, 6.45) is -0.290. The summed E-state index contributed by atoms with van der Waals surface area (Å²) in [6, 6.07) is 10.0. The lowest BCUT2D eigenvalue weighted by Gasteiger charge is -2.45. The lowest BCUT2D eigenvalue weighted by atomic mass is 10.1. The number of benzene rings is 1. The van der Waals surface area contributed by atoms with Crippen LogP contribution in [0.5, 0.6) is 0 Å². The summed E-state index contributed by atoms with van der Waals surface area (Å²) in [6.45, 7) is 18.3. The number of nitrogens with zero attached hydrogens (tertiary/aromatic N) is 1. The summed E-state index contributed by atoms with van der Waals surface area (Å²) >= 11 is 0. The molecule has 0 aromatic heterocycles. The Labute approximate surface area is 167 Å². The molecule has 0 aliphatic rings. The molecule has 27 heavy (non-hydrogen) atoms. The fourth-order valence-electron chi connectivity index (χ4n) is 4.33. The Morgan fingerprint density at radius 1 is 0.926 bits per heavy atom. The van der Waals surface area contributed by atoms with Crippen LogP contribution in [-0.2, 0) is 20.6 Å². The van der Waals surface area contributed by atoms with Gasteiger partial charge in [0.2, 0.25) is 8.32 Å². The Morgan fingerprint density at radius 2 is 1.44 bits per heavy atom. The van der Waals surface area contributed by atoms with Gasteiger partial charge in [-0.05, 0) is 36.0 Å². The van der Waals surface area contributed by atoms with E-state index in [4.69, 9.17) is 14.0 Å². The molecule has 2 atom stereocenters. The van der Waals surface area contributed by atoms with E-state index in [9.17, 15) is 0 Å². The lowest BCUT2D eigenvalue weighted by molar-refractivity contribution is 0.0382. The van der Waals surface area contributed by atoms with Gasteiger partial charge in [-0.3, -0.25) is 0 Å². The second kappa shape index (κ2) is 11.0. The number of methoxy groups -OCH3 is 1. The van der Waals surface area contributed by atoms with Crippen LogP contribution in [0.2, 0.25) is 16.6 Å². The number of ether oxygens (including phenoxy) is 1. The largest absolute Gasteiger partial charge is 0.410 e. The normalized spacial score (nSPS) is 15.5. The van der Waals surface area contributed by atoms with E-state index < -0.39 is 8.32 Å². The predicted molar refractivity (Wildman–Crippen MR) is 117 cm³/mol. The first-order valence-corrected chi connectivity index (χ1v) is 12.2. The minimum Gasteiger partial charge on any atom is -0.410 e. The van der Waals surface area contributed by atoms with Crippen LogP contribution in [0.1, 0.15) is 61.0 Å². The van der Waals surface area contributed by atoms with Crippen LogP contribution in [0.15, 0.2) is 35.5 Å². The first kappa shape index (κ1) is 23.9. The quantitative estimate of drug-likeness (QED) is 0.256. The van der Waals surface area contributed by atoms with Crippen LogP contribution in [0.3, 0.4) is 0 Å². The second-order valence-electron chi connectivity index (χ2n) is 8.29. The van der Waals surface area contributed by atoms with Gasteiger partial charge in [-0.1, -0.05) is 77.0 Å². The molecule has 0 spiro atoms. The van der Waals surface area contributed by atoms with Crippen LogP contribution >= 0.6 is 0 Å². The third-order valence-electron chi connectivity index (χ3n) is 5.47. The topological polar surface area (TPSA) is 40.0 Å². The van der Waals surface area contributed by atoms with Gasteiger partial charge in [0.15, 0.2) is 0 Å². The van der Waals surface area contributed by atoms with Gasteiger partial charge in [0.05, 0.1) is 11.8 Å². The number of oxime groups is 1. The van der Waals surface area contributed by atoms with Gasteiger partial charge in [-0.2, -0.15) is 0 Å². The van der Waals surface area contributed by atoms with Crippen molar-refractivity contribution in [3.05, 3.63) is 35.9 Å². The molecule has 1 aromatic carbocycles. The van der Waals surface area contributed by atoms with E-state index in [-0.39, 0.29) is 12.2 Å². The van der Waals surface area contributed by atoms with Gasteiger partial charge >= 0.3 is 0 Å². The van der Waals surface area contributed by atoms with Gasteiger partial charge in [0.25, 0.3) is 0 Å². The highest BCUT2D eigenvalue weighted by Gasteiger charge is 2.47. The van der Waals surface area contributed by atoms with E-state index >= 15 is 0 Å². The molecule has 0 radical (unpaired) electrons. The SMILES string of the molecule is CO[C@H](/C(C)=N/OCc1ccccc1)[C@H](C)O[Si](C(C)C)(C(C)C)C(C)C. The van der Waals surface area contributed by atoms with Crippen molar-refractivity contribution in [2.75, 3.05) is 7.11 Å². The van der Waals surface area contributed by atoms with E-state index in [0.29, 0.717) is 23.2 Å². The first-order valence-electron chi connectivity index (χ1n) is 10.1. The molecular formula is C22H39NO3Si. The molecule has 0 fully saturated rings. The molecule has 0 saturated heterocycles. The van der Waals surface area contributed by atoms with Crippen LogP contribution in [-0.4, -0.2) is 33.3 Å². The highest BCUT2D eigenvalue weighted by molar-refractivity contribution is 6.77. The van der Waals surface area contributed by atoms with E-state index in [0.717, 1.165) is 11.3 Å². The van der Waals surface area contributed by atoms with Crippen LogP contribution in [0.25, 0.3) is 0 Å². The Morgan fingerprint density at radius 3 is 1.89 bits per heavy atom. The van der Waals surface area contributed by atoms with Gasteiger partial charge in [0, 0.05) is 7.11 Å². The summed E-state index contributed by atoms with van der Waals surface area (Å²) in [5.74, 6) is 0. The van der Waals surface area contributed by atoms with Crippen molar-refractivity contribution < 1.29 is 14.0 Å². The minimum absolute atomic E-state index is 0.0714. The van der Waals surface area contributed by atoms with E-state index in [1.165, 1.54) is 0 Å². The molecule has 0 aliphatic heterocycles. The number of rotatable bonds is 11. The molecule has 1 aromatic rings. The molecule has 0 saturated carbocycles. The third kappa shape index (κ3) is 6.16. The average molecular weight is 394 g/mol. The Bertz CT molecular complexity index is 550. The molecule has 5 heteroatoms. The van der Waals surface area contributed by atoms with Crippen LogP contribution < -0.4 is 0 Å². The molecule has 0 bridgehead atoms. The first-order chi connectivity index (χ1) is 12.7. The maximum atomic E-state index is 6.84. The van der Waals surface area contributed by atoms with E-state index in [2.05, 4.69) is 53.6 Å².